The van der Waals surface area contributed by atoms with Gasteiger partial charge in [-0.2, -0.15) is 0 Å². The summed E-state index contributed by atoms with van der Waals surface area (Å²) in [5, 5.41) is 16.0. The van der Waals surface area contributed by atoms with Gasteiger partial charge in [-0.3, -0.25) is 4.79 Å². The van der Waals surface area contributed by atoms with Crippen molar-refractivity contribution in [3.05, 3.63) is 23.8 Å². The quantitative estimate of drug-likeness (QED) is 0.745. The van der Waals surface area contributed by atoms with E-state index in [0.717, 1.165) is 19.5 Å². The molecule has 0 aliphatic carbocycles. The van der Waals surface area contributed by atoms with Crippen LogP contribution in [0.4, 0.5) is 0 Å². The minimum absolute atomic E-state index is 0.106. The Morgan fingerprint density at radius 3 is 3.11 bits per heavy atom. The maximum absolute atomic E-state index is 12.0. The first-order chi connectivity index (χ1) is 9.22. The van der Waals surface area contributed by atoms with Crippen molar-refractivity contribution in [3.8, 4) is 11.5 Å². The molecule has 0 radical (unpaired) electrons. The highest BCUT2D eigenvalue weighted by Crippen LogP contribution is 2.29. The van der Waals surface area contributed by atoms with E-state index < -0.39 is 0 Å². The van der Waals surface area contributed by atoms with Crippen molar-refractivity contribution >= 4 is 5.91 Å². The first-order valence-electron chi connectivity index (χ1n) is 6.57. The number of ether oxygens (including phenoxy) is 1. The van der Waals surface area contributed by atoms with Gasteiger partial charge in [0.15, 0.2) is 11.5 Å². The molecule has 1 aromatic carbocycles. The molecule has 1 aliphatic rings. The molecule has 0 saturated carbocycles. The zero-order chi connectivity index (χ0) is 13.7. The molecule has 19 heavy (non-hydrogen) atoms. The molecule has 0 aromatic heterocycles. The first-order valence-corrected chi connectivity index (χ1v) is 6.57. The summed E-state index contributed by atoms with van der Waals surface area (Å²) in [6.07, 6.45) is 2.13. The largest absolute Gasteiger partial charge is 0.504 e. The van der Waals surface area contributed by atoms with Crippen LogP contribution < -0.4 is 15.4 Å². The lowest BCUT2D eigenvalue weighted by Crippen LogP contribution is -2.26. The maximum Gasteiger partial charge on any atom is 0.255 e. The fourth-order valence-corrected chi connectivity index (χ4v) is 2.32. The Hall–Kier alpha value is -1.75. The molecule has 104 valence electrons. The lowest BCUT2D eigenvalue weighted by Gasteiger charge is -2.11. The summed E-state index contributed by atoms with van der Waals surface area (Å²) in [5.74, 6) is 0.583. The zero-order valence-electron chi connectivity index (χ0n) is 11.1. The second-order valence-electron chi connectivity index (χ2n) is 4.76. The van der Waals surface area contributed by atoms with Crippen LogP contribution in [0.1, 0.15) is 23.2 Å². The number of hydrogen-bond donors (Lipinski definition) is 3. The minimum Gasteiger partial charge on any atom is -0.504 e. The number of rotatable bonds is 5. The van der Waals surface area contributed by atoms with Crippen LogP contribution in [0.15, 0.2) is 18.2 Å². The van der Waals surface area contributed by atoms with Crippen LogP contribution in [0, 0.1) is 5.92 Å². The summed E-state index contributed by atoms with van der Waals surface area (Å²) in [4.78, 5) is 12.0. The van der Waals surface area contributed by atoms with Crippen molar-refractivity contribution in [2.45, 2.75) is 12.8 Å². The number of carbonyl (C=O) groups excluding carboxylic acids is 1. The van der Waals surface area contributed by atoms with E-state index in [9.17, 15) is 9.90 Å². The lowest BCUT2D eigenvalue weighted by atomic mass is 10.1. The van der Waals surface area contributed by atoms with E-state index in [2.05, 4.69) is 10.6 Å². The van der Waals surface area contributed by atoms with Crippen LogP contribution in [-0.4, -0.2) is 37.8 Å². The third-order valence-corrected chi connectivity index (χ3v) is 3.46. The summed E-state index contributed by atoms with van der Waals surface area (Å²) in [6.45, 7) is 2.72. The van der Waals surface area contributed by atoms with E-state index in [1.165, 1.54) is 13.5 Å². The predicted molar refractivity (Wildman–Crippen MR) is 72.6 cm³/mol. The Morgan fingerprint density at radius 2 is 2.42 bits per heavy atom. The highest BCUT2D eigenvalue weighted by Gasteiger charge is 2.16. The Morgan fingerprint density at radius 1 is 1.58 bits per heavy atom. The Bertz CT molecular complexity index is 442. The summed E-state index contributed by atoms with van der Waals surface area (Å²) < 4.78 is 4.98. The molecule has 5 heteroatoms. The van der Waals surface area contributed by atoms with Gasteiger partial charge in [-0.25, -0.2) is 0 Å². The average molecular weight is 264 g/mol. The van der Waals surface area contributed by atoms with Crippen LogP contribution in [0.25, 0.3) is 0 Å². The van der Waals surface area contributed by atoms with Crippen LogP contribution in [-0.2, 0) is 0 Å². The van der Waals surface area contributed by atoms with Gasteiger partial charge in [0.1, 0.15) is 0 Å². The number of amides is 1. The summed E-state index contributed by atoms with van der Waals surface area (Å²) in [6, 6.07) is 4.90. The number of nitrogens with one attached hydrogen (secondary N) is 2. The topological polar surface area (TPSA) is 70.6 Å². The van der Waals surface area contributed by atoms with E-state index in [1.807, 2.05) is 0 Å². The molecule has 1 heterocycles. The standard InChI is InChI=1S/C14H20N2O3/c1-19-12-4-2-3-11(13(12)17)14(18)16-8-6-10-5-7-15-9-10/h2-4,10,15,17H,5-9H2,1H3,(H,16,18). The highest BCUT2D eigenvalue weighted by molar-refractivity contribution is 5.97. The number of phenolic OH excluding ortho intramolecular Hbond substituents is 1. The second-order valence-corrected chi connectivity index (χ2v) is 4.76. The fourth-order valence-electron chi connectivity index (χ4n) is 2.32. The molecule has 1 aliphatic heterocycles. The number of hydrogen-bond acceptors (Lipinski definition) is 4. The van der Waals surface area contributed by atoms with Crippen LogP contribution in [0.5, 0.6) is 11.5 Å². The monoisotopic (exact) mass is 264 g/mol. The number of aromatic hydroxyl groups is 1. The van der Waals surface area contributed by atoms with E-state index in [4.69, 9.17) is 4.74 Å². The van der Waals surface area contributed by atoms with E-state index in [-0.39, 0.29) is 17.2 Å². The maximum atomic E-state index is 12.0. The normalized spacial score (nSPS) is 18.3. The SMILES string of the molecule is COc1cccc(C(=O)NCCC2CCNC2)c1O. The summed E-state index contributed by atoms with van der Waals surface area (Å²) >= 11 is 0. The zero-order valence-corrected chi connectivity index (χ0v) is 11.1. The van der Waals surface area contributed by atoms with Gasteiger partial charge < -0.3 is 20.5 Å². The number of para-hydroxylation sites is 1. The van der Waals surface area contributed by atoms with Crippen LogP contribution in [0.3, 0.4) is 0 Å². The molecular weight excluding hydrogens is 244 g/mol. The van der Waals surface area contributed by atoms with Gasteiger partial charge in [0.25, 0.3) is 5.91 Å². The minimum atomic E-state index is -0.262. The molecule has 1 saturated heterocycles. The van der Waals surface area contributed by atoms with Crippen molar-refractivity contribution in [1.29, 1.82) is 0 Å². The molecule has 1 atom stereocenters. The Labute approximate surface area is 113 Å². The number of phenols is 1. The molecule has 2 rings (SSSR count). The molecule has 1 aromatic rings. The van der Waals surface area contributed by atoms with Gasteiger partial charge in [0.05, 0.1) is 12.7 Å². The first kappa shape index (κ1) is 13.7. The number of carbonyl (C=O) groups is 1. The molecule has 1 unspecified atom stereocenters. The van der Waals surface area contributed by atoms with Crippen molar-refractivity contribution < 1.29 is 14.6 Å². The van der Waals surface area contributed by atoms with Crippen molar-refractivity contribution in [3.63, 3.8) is 0 Å². The van der Waals surface area contributed by atoms with Crippen molar-refractivity contribution in [2.24, 2.45) is 5.92 Å². The van der Waals surface area contributed by atoms with E-state index in [0.29, 0.717) is 18.2 Å². The number of methoxy groups -OCH3 is 1. The lowest BCUT2D eigenvalue weighted by molar-refractivity contribution is 0.0948. The number of benzene rings is 1. The molecule has 1 amide bonds. The van der Waals surface area contributed by atoms with Gasteiger partial charge in [-0.1, -0.05) is 6.07 Å². The Kier molecular flexibility index (Phi) is 4.63. The van der Waals surface area contributed by atoms with Gasteiger partial charge in [-0.05, 0) is 44.0 Å². The average Bonchev–Trinajstić information content (AvgIpc) is 2.92. The van der Waals surface area contributed by atoms with Gasteiger partial charge in [0, 0.05) is 6.54 Å². The van der Waals surface area contributed by atoms with Crippen molar-refractivity contribution in [2.75, 3.05) is 26.7 Å². The molecule has 1 fully saturated rings. The van der Waals surface area contributed by atoms with Gasteiger partial charge >= 0.3 is 0 Å². The third-order valence-electron chi connectivity index (χ3n) is 3.46. The van der Waals surface area contributed by atoms with Gasteiger partial charge in [-0.15, -0.1) is 0 Å². The smallest absolute Gasteiger partial charge is 0.255 e. The molecule has 0 spiro atoms. The molecule has 0 bridgehead atoms. The molecule has 3 N–H and O–H groups in total. The van der Waals surface area contributed by atoms with Crippen molar-refractivity contribution in [1.82, 2.24) is 10.6 Å². The van der Waals surface area contributed by atoms with E-state index in [1.54, 1.807) is 18.2 Å². The molecule has 5 nitrogen and oxygen atoms in total. The Balaban J connectivity index is 1.88. The highest BCUT2D eigenvalue weighted by atomic mass is 16.5. The van der Waals surface area contributed by atoms with E-state index >= 15 is 0 Å². The molecular formula is C14H20N2O3. The second kappa shape index (κ2) is 6.43. The fraction of sp³-hybridized carbons (Fsp3) is 0.500. The summed E-state index contributed by atoms with van der Waals surface area (Å²) in [7, 11) is 1.46. The third kappa shape index (κ3) is 3.38. The van der Waals surface area contributed by atoms with Crippen LogP contribution >= 0.6 is 0 Å². The van der Waals surface area contributed by atoms with Crippen LogP contribution in [0.2, 0.25) is 0 Å². The summed E-state index contributed by atoms with van der Waals surface area (Å²) in [5.41, 5.74) is 0.254. The predicted octanol–water partition coefficient (Wildman–Crippen LogP) is 1.13. The van der Waals surface area contributed by atoms with Gasteiger partial charge in [0.2, 0.25) is 0 Å².